The lowest BCUT2D eigenvalue weighted by atomic mass is 9.98. The van der Waals surface area contributed by atoms with Gasteiger partial charge in [-0.15, -0.1) is 0 Å². The molecule has 1 aliphatic rings. The van der Waals surface area contributed by atoms with Crippen molar-refractivity contribution >= 4 is 17.3 Å². The molecule has 0 atom stereocenters. The summed E-state index contributed by atoms with van der Waals surface area (Å²) in [6.45, 7) is 4.73. The molecule has 5 nitrogen and oxygen atoms in total. The predicted octanol–water partition coefficient (Wildman–Crippen LogP) is 2.46. The number of para-hydroxylation sites is 1. The Hall–Kier alpha value is -2.30. The number of amides is 1. The molecule has 0 radical (unpaired) electrons. The molecular weight excluding hydrogens is 264 g/mol. The second-order valence-corrected chi connectivity index (χ2v) is 5.46. The van der Waals surface area contributed by atoms with E-state index in [1.807, 2.05) is 30.9 Å². The van der Waals surface area contributed by atoms with Crippen molar-refractivity contribution in [1.82, 2.24) is 10.2 Å². The van der Waals surface area contributed by atoms with Crippen molar-refractivity contribution in [2.45, 2.75) is 33.1 Å². The average Bonchev–Trinajstić information content (AvgIpc) is 2.87. The third kappa shape index (κ3) is 2.18. The fraction of sp³-hybridized carbons (Fsp3) is 0.375. The minimum atomic E-state index is -0.112. The van der Waals surface area contributed by atoms with Crippen LogP contribution in [0.3, 0.4) is 0 Å². The lowest BCUT2D eigenvalue weighted by Gasteiger charge is -2.30. The SMILES string of the molecule is CCc1[nH]nc(C(=O)N2CCCc3cccc(C)c32)c1N. The molecule has 0 bridgehead atoms. The topological polar surface area (TPSA) is 75.0 Å². The summed E-state index contributed by atoms with van der Waals surface area (Å²) in [4.78, 5) is 14.6. The highest BCUT2D eigenvalue weighted by Gasteiger charge is 2.28. The highest BCUT2D eigenvalue weighted by Crippen LogP contribution is 2.32. The van der Waals surface area contributed by atoms with Gasteiger partial charge in [-0.2, -0.15) is 5.10 Å². The smallest absolute Gasteiger partial charge is 0.280 e. The Balaban J connectivity index is 2.02. The molecular formula is C16H20N4O. The maximum Gasteiger partial charge on any atom is 0.280 e. The third-order valence-corrected chi connectivity index (χ3v) is 4.10. The molecule has 0 saturated carbocycles. The molecule has 5 heteroatoms. The van der Waals surface area contributed by atoms with Crippen molar-refractivity contribution in [3.8, 4) is 0 Å². The number of aromatic nitrogens is 2. The van der Waals surface area contributed by atoms with Crippen LogP contribution in [-0.4, -0.2) is 22.6 Å². The van der Waals surface area contributed by atoms with Crippen LogP contribution < -0.4 is 10.6 Å². The van der Waals surface area contributed by atoms with E-state index in [1.54, 1.807) is 0 Å². The molecule has 0 saturated heterocycles. The summed E-state index contributed by atoms with van der Waals surface area (Å²) in [5, 5.41) is 6.98. The maximum absolute atomic E-state index is 12.8. The van der Waals surface area contributed by atoms with Crippen LogP contribution in [0.2, 0.25) is 0 Å². The van der Waals surface area contributed by atoms with E-state index in [2.05, 4.69) is 16.3 Å². The van der Waals surface area contributed by atoms with Crippen LogP contribution in [-0.2, 0) is 12.8 Å². The Kier molecular flexibility index (Phi) is 3.41. The van der Waals surface area contributed by atoms with E-state index in [9.17, 15) is 4.79 Å². The molecule has 1 aliphatic heterocycles. The van der Waals surface area contributed by atoms with Gasteiger partial charge in [0.1, 0.15) is 0 Å². The summed E-state index contributed by atoms with van der Waals surface area (Å²) in [5.41, 5.74) is 11.0. The van der Waals surface area contributed by atoms with Gasteiger partial charge in [-0.1, -0.05) is 25.1 Å². The van der Waals surface area contributed by atoms with Gasteiger partial charge in [-0.3, -0.25) is 9.89 Å². The predicted molar refractivity (Wildman–Crippen MR) is 83.6 cm³/mol. The molecule has 1 amide bonds. The van der Waals surface area contributed by atoms with Crippen LogP contribution in [0.1, 0.15) is 40.7 Å². The van der Waals surface area contributed by atoms with Gasteiger partial charge in [0.25, 0.3) is 5.91 Å². The van der Waals surface area contributed by atoms with Crippen LogP contribution in [0.5, 0.6) is 0 Å². The van der Waals surface area contributed by atoms with Crippen LogP contribution in [0.25, 0.3) is 0 Å². The van der Waals surface area contributed by atoms with Gasteiger partial charge in [0.15, 0.2) is 5.69 Å². The molecule has 3 N–H and O–H groups in total. The molecule has 3 rings (SSSR count). The summed E-state index contributed by atoms with van der Waals surface area (Å²) in [7, 11) is 0. The number of fused-ring (bicyclic) bond motifs is 1. The second-order valence-electron chi connectivity index (χ2n) is 5.46. The lowest BCUT2D eigenvalue weighted by Crippen LogP contribution is -2.36. The number of benzene rings is 1. The first kappa shape index (κ1) is 13.7. The lowest BCUT2D eigenvalue weighted by molar-refractivity contribution is 0.0981. The van der Waals surface area contributed by atoms with Gasteiger partial charge in [-0.25, -0.2) is 0 Å². The van der Waals surface area contributed by atoms with Crippen molar-refractivity contribution in [1.29, 1.82) is 0 Å². The van der Waals surface area contributed by atoms with E-state index in [0.29, 0.717) is 17.9 Å². The first-order valence-corrected chi connectivity index (χ1v) is 7.36. The normalized spacial score (nSPS) is 14.1. The number of hydrogen-bond donors (Lipinski definition) is 2. The van der Waals surface area contributed by atoms with E-state index in [1.165, 1.54) is 5.56 Å². The standard InChI is InChI=1S/C16H20N4O/c1-3-12-13(17)14(19-18-12)16(21)20-9-5-8-11-7-4-6-10(2)15(11)20/h4,6-7H,3,5,8-9,17H2,1-2H3,(H,18,19). The minimum Gasteiger partial charge on any atom is -0.395 e. The number of nitrogens with one attached hydrogen (secondary N) is 1. The summed E-state index contributed by atoms with van der Waals surface area (Å²) in [6.07, 6.45) is 2.71. The van der Waals surface area contributed by atoms with Crippen molar-refractivity contribution in [2.24, 2.45) is 0 Å². The molecule has 0 aliphatic carbocycles. The van der Waals surface area contributed by atoms with E-state index in [0.717, 1.165) is 36.2 Å². The summed E-state index contributed by atoms with van der Waals surface area (Å²) in [5.74, 6) is -0.112. The average molecular weight is 284 g/mol. The number of nitrogens with two attached hydrogens (primary N) is 1. The van der Waals surface area contributed by atoms with E-state index in [4.69, 9.17) is 5.73 Å². The number of carbonyl (C=O) groups excluding carboxylic acids is 1. The van der Waals surface area contributed by atoms with Gasteiger partial charge in [0, 0.05) is 6.54 Å². The third-order valence-electron chi connectivity index (χ3n) is 4.10. The summed E-state index contributed by atoms with van der Waals surface area (Å²) < 4.78 is 0. The zero-order chi connectivity index (χ0) is 15.0. The fourth-order valence-electron chi connectivity index (χ4n) is 3.00. The van der Waals surface area contributed by atoms with Crippen LogP contribution >= 0.6 is 0 Å². The van der Waals surface area contributed by atoms with Crippen LogP contribution in [0.4, 0.5) is 11.4 Å². The van der Waals surface area contributed by atoms with Crippen molar-refractivity contribution in [3.05, 3.63) is 40.7 Å². The molecule has 1 aromatic carbocycles. The maximum atomic E-state index is 12.8. The van der Waals surface area contributed by atoms with Gasteiger partial charge < -0.3 is 10.6 Å². The number of carbonyl (C=O) groups is 1. The number of hydrogen-bond acceptors (Lipinski definition) is 3. The highest BCUT2D eigenvalue weighted by molar-refractivity contribution is 6.09. The van der Waals surface area contributed by atoms with Gasteiger partial charge in [0.05, 0.1) is 17.1 Å². The highest BCUT2D eigenvalue weighted by atomic mass is 16.2. The number of aryl methyl sites for hydroxylation is 3. The number of nitrogens with zero attached hydrogens (tertiary/aromatic N) is 2. The van der Waals surface area contributed by atoms with Gasteiger partial charge in [-0.05, 0) is 37.3 Å². The Morgan fingerprint density at radius 3 is 3.00 bits per heavy atom. The van der Waals surface area contributed by atoms with Crippen molar-refractivity contribution in [3.63, 3.8) is 0 Å². The molecule has 0 fully saturated rings. The quantitative estimate of drug-likeness (QED) is 0.889. The molecule has 1 aromatic heterocycles. The summed E-state index contributed by atoms with van der Waals surface area (Å²) in [6, 6.07) is 6.17. The van der Waals surface area contributed by atoms with Crippen LogP contribution in [0.15, 0.2) is 18.2 Å². The number of H-pyrrole nitrogens is 1. The number of aromatic amines is 1. The molecule has 2 aromatic rings. The Bertz CT molecular complexity index is 690. The molecule has 21 heavy (non-hydrogen) atoms. The second kappa shape index (κ2) is 5.24. The Morgan fingerprint density at radius 2 is 2.29 bits per heavy atom. The van der Waals surface area contributed by atoms with E-state index >= 15 is 0 Å². The Morgan fingerprint density at radius 1 is 1.48 bits per heavy atom. The van der Waals surface area contributed by atoms with E-state index in [-0.39, 0.29) is 5.91 Å². The molecule has 110 valence electrons. The Labute approximate surface area is 124 Å². The van der Waals surface area contributed by atoms with Gasteiger partial charge >= 0.3 is 0 Å². The number of rotatable bonds is 2. The molecule has 2 heterocycles. The van der Waals surface area contributed by atoms with E-state index < -0.39 is 0 Å². The minimum absolute atomic E-state index is 0.112. The van der Waals surface area contributed by atoms with Crippen molar-refractivity contribution in [2.75, 3.05) is 17.2 Å². The monoisotopic (exact) mass is 284 g/mol. The summed E-state index contributed by atoms with van der Waals surface area (Å²) >= 11 is 0. The zero-order valence-corrected chi connectivity index (χ0v) is 12.4. The zero-order valence-electron chi connectivity index (χ0n) is 12.4. The van der Waals surface area contributed by atoms with Gasteiger partial charge in [0.2, 0.25) is 0 Å². The van der Waals surface area contributed by atoms with Crippen molar-refractivity contribution < 1.29 is 4.79 Å². The van der Waals surface area contributed by atoms with Crippen LogP contribution in [0, 0.1) is 6.92 Å². The number of nitrogen functional groups attached to an aromatic ring is 1. The fourth-order valence-corrected chi connectivity index (χ4v) is 3.00. The first-order chi connectivity index (χ1) is 10.1. The number of anilines is 2. The molecule has 0 spiro atoms. The first-order valence-electron chi connectivity index (χ1n) is 7.36. The molecule has 0 unspecified atom stereocenters. The largest absolute Gasteiger partial charge is 0.395 e.